The second-order valence-corrected chi connectivity index (χ2v) is 7.62. The maximum absolute atomic E-state index is 12.8. The van der Waals surface area contributed by atoms with Crippen LogP contribution in [0.1, 0.15) is 24.6 Å². The van der Waals surface area contributed by atoms with Gasteiger partial charge < -0.3 is 14.8 Å². The fourth-order valence-electron chi connectivity index (χ4n) is 3.37. The van der Waals surface area contributed by atoms with Gasteiger partial charge in [0.2, 0.25) is 0 Å². The summed E-state index contributed by atoms with van der Waals surface area (Å²) < 4.78 is 13.2. The number of amides is 1. The summed E-state index contributed by atoms with van der Waals surface area (Å²) in [5.41, 5.74) is 2.42. The Morgan fingerprint density at radius 3 is 2.61 bits per heavy atom. The van der Waals surface area contributed by atoms with E-state index in [-0.39, 0.29) is 18.1 Å². The topological polar surface area (TPSA) is 81.9 Å². The minimum atomic E-state index is -0.647. The Labute approximate surface area is 191 Å². The van der Waals surface area contributed by atoms with Crippen molar-refractivity contribution in [2.75, 3.05) is 5.32 Å². The average Bonchev–Trinajstić information content (AvgIpc) is 2.82. The number of nitrogens with one attached hydrogen (secondary N) is 1. The lowest BCUT2D eigenvalue weighted by Gasteiger charge is -2.18. The van der Waals surface area contributed by atoms with Crippen LogP contribution in [-0.4, -0.2) is 21.4 Å². The summed E-state index contributed by atoms with van der Waals surface area (Å²) in [7, 11) is 0. The molecule has 0 aliphatic carbocycles. The third-order valence-corrected chi connectivity index (χ3v) is 5.08. The SMILES string of the molecule is CC[C@@H](Oc1ccccc1)C(=O)Nc1ccccc1OCc1cc(=O)n2ccc(C)cc2n1. The molecule has 1 N–H and O–H groups in total. The maximum Gasteiger partial charge on any atom is 0.265 e. The molecule has 7 nitrogen and oxygen atoms in total. The number of carbonyl (C=O) groups is 1. The highest BCUT2D eigenvalue weighted by Gasteiger charge is 2.20. The summed E-state index contributed by atoms with van der Waals surface area (Å²) in [5.74, 6) is 0.842. The molecule has 0 fully saturated rings. The first-order chi connectivity index (χ1) is 16.0. The number of rotatable bonds is 8. The van der Waals surface area contributed by atoms with Gasteiger partial charge in [0.25, 0.3) is 11.5 Å². The van der Waals surface area contributed by atoms with Crippen LogP contribution in [0, 0.1) is 6.92 Å². The van der Waals surface area contributed by atoms with Crippen molar-refractivity contribution in [3.63, 3.8) is 0 Å². The van der Waals surface area contributed by atoms with Gasteiger partial charge in [-0.15, -0.1) is 0 Å². The molecule has 0 saturated heterocycles. The van der Waals surface area contributed by atoms with Gasteiger partial charge in [-0.05, 0) is 55.3 Å². The maximum atomic E-state index is 12.8. The highest BCUT2D eigenvalue weighted by Crippen LogP contribution is 2.25. The molecule has 0 unspecified atom stereocenters. The second kappa shape index (κ2) is 9.99. The van der Waals surface area contributed by atoms with Crippen molar-refractivity contribution >= 4 is 17.2 Å². The van der Waals surface area contributed by atoms with Crippen LogP contribution in [0.15, 0.2) is 83.8 Å². The van der Waals surface area contributed by atoms with Crippen LogP contribution in [0.4, 0.5) is 5.69 Å². The molecule has 1 amide bonds. The van der Waals surface area contributed by atoms with Gasteiger partial charge in [-0.25, -0.2) is 4.98 Å². The van der Waals surface area contributed by atoms with E-state index in [1.54, 1.807) is 18.3 Å². The number of ether oxygens (including phenoxy) is 2. The lowest BCUT2D eigenvalue weighted by atomic mass is 10.2. The van der Waals surface area contributed by atoms with Crippen LogP contribution >= 0.6 is 0 Å². The number of pyridine rings is 1. The molecule has 0 aliphatic heterocycles. The number of nitrogens with zero attached hydrogens (tertiary/aromatic N) is 2. The third-order valence-electron chi connectivity index (χ3n) is 5.08. The van der Waals surface area contributed by atoms with Gasteiger partial charge in [-0.3, -0.25) is 14.0 Å². The van der Waals surface area contributed by atoms with Crippen molar-refractivity contribution in [1.29, 1.82) is 0 Å². The molecule has 2 heterocycles. The van der Waals surface area contributed by atoms with Gasteiger partial charge in [-0.1, -0.05) is 37.3 Å². The minimum Gasteiger partial charge on any atom is -0.485 e. The first-order valence-electron chi connectivity index (χ1n) is 10.8. The quantitative estimate of drug-likeness (QED) is 0.437. The monoisotopic (exact) mass is 443 g/mol. The first-order valence-corrected chi connectivity index (χ1v) is 10.8. The number of aromatic nitrogens is 2. The van der Waals surface area contributed by atoms with E-state index in [4.69, 9.17) is 9.47 Å². The Morgan fingerprint density at radius 2 is 1.82 bits per heavy atom. The number of aryl methyl sites for hydroxylation is 1. The number of carbonyl (C=O) groups excluding carboxylic acids is 1. The second-order valence-electron chi connectivity index (χ2n) is 7.62. The Hall–Kier alpha value is -4.13. The summed E-state index contributed by atoms with van der Waals surface area (Å²) in [6, 6.07) is 21.5. The van der Waals surface area contributed by atoms with Crippen molar-refractivity contribution in [2.45, 2.75) is 33.0 Å². The lowest BCUT2D eigenvalue weighted by Crippen LogP contribution is -2.32. The fraction of sp³-hybridized carbons (Fsp3) is 0.192. The van der Waals surface area contributed by atoms with Gasteiger partial charge in [0, 0.05) is 12.3 Å². The number of hydrogen-bond donors (Lipinski definition) is 1. The highest BCUT2D eigenvalue weighted by atomic mass is 16.5. The predicted molar refractivity (Wildman–Crippen MR) is 127 cm³/mol. The Bertz CT molecular complexity index is 1320. The van der Waals surface area contributed by atoms with E-state index in [0.29, 0.717) is 34.9 Å². The van der Waals surface area contributed by atoms with Gasteiger partial charge in [0.05, 0.1) is 11.4 Å². The van der Waals surface area contributed by atoms with Crippen molar-refractivity contribution in [3.8, 4) is 11.5 Å². The molecule has 4 rings (SSSR count). The Balaban J connectivity index is 1.48. The molecule has 0 spiro atoms. The van der Waals surface area contributed by atoms with Crippen LogP contribution in [-0.2, 0) is 11.4 Å². The largest absolute Gasteiger partial charge is 0.485 e. The molecule has 2 aromatic carbocycles. The van der Waals surface area contributed by atoms with E-state index in [0.717, 1.165) is 5.56 Å². The summed E-state index contributed by atoms with van der Waals surface area (Å²) in [6.07, 6.45) is 1.57. The smallest absolute Gasteiger partial charge is 0.265 e. The van der Waals surface area contributed by atoms with Crippen LogP contribution < -0.4 is 20.3 Å². The molecule has 0 aliphatic rings. The van der Waals surface area contributed by atoms with Gasteiger partial charge in [-0.2, -0.15) is 0 Å². The van der Waals surface area contributed by atoms with Crippen LogP contribution in [0.2, 0.25) is 0 Å². The van der Waals surface area contributed by atoms with Crippen molar-refractivity contribution in [1.82, 2.24) is 9.38 Å². The van der Waals surface area contributed by atoms with E-state index in [1.807, 2.05) is 68.4 Å². The number of fused-ring (bicyclic) bond motifs is 1. The zero-order chi connectivity index (χ0) is 23.2. The molecule has 1 atom stereocenters. The summed E-state index contributed by atoms with van der Waals surface area (Å²) in [4.78, 5) is 29.8. The van der Waals surface area contributed by atoms with E-state index < -0.39 is 6.10 Å². The van der Waals surface area contributed by atoms with Crippen LogP contribution in [0.25, 0.3) is 5.65 Å². The molecule has 33 heavy (non-hydrogen) atoms. The van der Waals surface area contributed by atoms with Crippen LogP contribution in [0.3, 0.4) is 0 Å². The van der Waals surface area contributed by atoms with Crippen molar-refractivity contribution < 1.29 is 14.3 Å². The number of hydrogen-bond acceptors (Lipinski definition) is 5. The molecular weight excluding hydrogens is 418 g/mol. The minimum absolute atomic E-state index is 0.0876. The Morgan fingerprint density at radius 1 is 1.06 bits per heavy atom. The van der Waals surface area contributed by atoms with Gasteiger partial charge in [0.15, 0.2) is 6.10 Å². The Kier molecular flexibility index (Phi) is 6.69. The molecular formula is C26H25N3O4. The standard InChI is InChI=1S/C26H25N3O4/c1-3-22(33-20-9-5-4-6-10-20)26(31)28-21-11-7-8-12-23(21)32-17-19-16-25(30)29-14-13-18(2)15-24(29)27-19/h4-16,22H,3,17H2,1-2H3,(H,28,31)/t22-/m1/s1. The average molecular weight is 444 g/mol. The summed E-state index contributed by atoms with van der Waals surface area (Å²) in [5, 5.41) is 2.89. The van der Waals surface area contributed by atoms with Crippen LogP contribution in [0.5, 0.6) is 11.5 Å². The molecule has 168 valence electrons. The molecule has 0 saturated carbocycles. The number of benzene rings is 2. The predicted octanol–water partition coefficient (Wildman–Crippen LogP) is 4.38. The number of para-hydroxylation sites is 3. The molecule has 7 heteroatoms. The normalized spacial score (nSPS) is 11.7. The summed E-state index contributed by atoms with van der Waals surface area (Å²) in [6.45, 7) is 3.92. The van der Waals surface area contributed by atoms with E-state index in [1.165, 1.54) is 10.5 Å². The van der Waals surface area contributed by atoms with E-state index in [2.05, 4.69) is 10.3 Å². The van der Waals surface area contributed by atoms with Crippen molar-refractivity contribution in [3.05, 3.63) is 101 Å². The van der Waals surface area contributed by atoms with E-state index >= 15 is 0 Å². The lowest BCUT2D eigenvalue weighted by molar-refractivity contribution is -0.122. The van der Waals surface area contributed by atoms with Gasteiger partial charge >= 0.3 is 0 Å². The summed E-state index contributed by atoms with van der Waals surface area (Å²) >= 11 is 0. The highest BCUT2D eigenvalue weighted by molar-refractivity contribution is 5.95. The molecule has 0 bridgehead atoms. The fourth-order valence-corrected chi connectivity index (χ4v) is 3.37. The first kappa shape index (κ1) is 22.1. The zero-order valence-electron chi connectivity index (χ0n) is 18.5. The number of anilines is 1. The third kappa shape index (κ3) is 5.38. The molecule has 4 aromatic rings. The molecule has 2 aromatic heterocycles. The van der Waals surface area contributed by atoms with Gasteiger partial charge in [0.1, 0.15) is 23.8 Å². The van der Waals surface area contributed by atoms with E-state index in [9.17, 15) is 9.59 Å². The molecule has 0 radical (unpaired) electrons. The zero-order valence-corrected chi connectivity index (χ0v) is 18.5. The van der Waals surface area contributed by atoms with Crippen molar-refractivity contribution in [2.24, 2.45) is 0 Å².